The molecule has 0 bridgehead atoms. The van der Waals surface area contributed by atoms with Crippen molar-refractivity contribution < 1.29 is 22.7 Å². The second-order valence-electron chi connectivity index (χ2n) is 7.20. The summed E-state index contributed by atoms with van der Waals surface area (Å²) in [6.07, 6.45) is 3.93. The Hall–Kier alpha value is -2.58. The standard InChI is InChI=1S/C22H28N2O5S/c1-28-19-8-6-18(7-9-19)16-23-22(25)17-29-20-10-12-21(13-11-20)30(26,27)24-14-4-2-3-5-15-24/h6-13H,2-5,14-17H2,1H3,(H,23,25). The van der Waals surface area contributed by atoms with E-state index in [0.717, 1.165) is 37.0 Å². The topological polar surface area (TPSA) is 84.9 Å². The number of hydrogen-bond acceptors (Lipinski definition) is 5. The first-order valence-corrected chi connectivity index (χ1v) is 11.6. The number of nitrogens with one attached hydrogen (secondary N) is 1. The van der Waals surface area contributed by atoms with Gasteiger partial charge in [-0.25, -0.2) is 8.42 Å². The lowest BCUT2D eigenvalue weighted by Crippen LogP contribution is -2.31. The van der Waals surface area contributed by atoms with Crippen LogP contribution in [0.3, 0.4) is 0 Å². The maximum atomic E-state index is 12.8. The molecule has 2 aromatic carbocycles. The average molecular weight is 433 g/mol. The van der Waals surface area contributed by atoms with Gasteiger partial charge < -0.3 is 14.8 Å². The summed E-state index contributed by atoms with van der Waals surface area (Å²) in [7, 11) is -1.89. The minimum absolute atomic E-state index is 0.144. The number of ether oxygens (including phenoxy) is 2. The normalized spacial score (nSPS) is 15.2. The second-order valence-corrected chi connectivity index (χ2v) is 9.14. The third kappa shape index (κ3) is 5.96. The number of carbonyl (C=O) groups is 1. The highest BCUT2D eigenvalue weighted by atomic mass is 32.2. The van der Waals surface area contributed by atoms with Crippen LogP contribution in [0.1, 0.15) is 31.2 Å². The van der Waals surface area contributed by atoms with Gasteiger partial charge in [0.1, 0.15) is 11.5 Å². The summed E-state index contributed by atoms with van der Waals surface area (Å²) < 4.78 is 37.7. The summed E-state index contributed by atoms with van der Waals surface area (Å²) in [5.41, 5.74) is 0.951. The van der Waals surface area contributed by atoms with E-state index >= 15 is 0 Å². The average Bonchev–Trinajstić information content (AvgIpc) is 3.07. The van der Waals surface area contributed by atoms with Gasteiger partial charge in [0.05, 0.1) is 12.0 Å². The molecule has 0 atom stereocenters. The molecule has 1 aliphatic heterocycles. The molecule has 1 saturated heterocycles. The molecule has 2 aromatic rings. The van der Waals surface area contributed by atoms with Gasteiger partial charge in [0.2, 0.25) is 10.0 Å². The zero-order valence-corrected chi connectivity index (χ0v) is 18.0. The van der Waals surface area contributed by atoms with E-state index in [1.54, 1.807) is 23.5 Å². The van der Waals surface area contributed by atoms with Gasteiger partial charge in [0, 0.05) is 19.6 Å². The fourth-order valence-corrected chi connectivity index (χ4v) is 4.80. The Morgan fingerprint density at radius 2 is 1.53 bits per heavy atom. The number of benzene rings is 2. The third-order valence-corrected chi connectivity index (χ3v) is 6.96. The Labute approximate surface area is 178 Å². The van der Waals surface area contributed by atoms with Crippen LogP contribution in [0.15, 0.2) is 53.4 Å². The van der Waals surface area contributed by atoms with Crippen LogP contribution >= 0.6 is 0 Å². The lowest BCUT2D eigenvalue weighted by Gasteiger charge is -2.20. The quantitative estimate of drug-likeness (QED) is 0.693. The van der Waals surface area contributed by atoms with E-state index in [0.29, 0.717) is 25.4 Å². The van der Waals surface area contributed by atoms with E-state index in [4.69, 9.17) is 9.47 Å². The predicted octanol–water partition coefficient (Wildman–Crippen LogP) is 2.96. The Kier molecular flexibility index (Phi) is 7.70. The summed E-state index contributed by atoms with van der Waals surface area (Å²) in [5.74, 6) is 0.950. The fourth-order valence-electron chi connectivity index (χ4n) is 3.28. The molecule has 0 spiro atoms. The van der Waals surface area contributed by atoms with Crippen molar-refractivity contribution in [1.29, 1.82) is 0 Å². The van der Waals surface area contributed by atoms with E-state index < -0.39 is 10.0 Å². The molecular formula is C22H28N2O5S. The van der Waals surface area contributed by atoms with Crippen molar-refractivity contribution in [2.45, 2.75) is 37.1 Å². The highest BCUT2D eigenvalue weighted by Gasteiger charge is 2.25. The van der Waals surface area contributed by atoms with Crippen molar-refractivity contribution in [3.8, 4) is 11.5 Å². The zero-order chi connectivity index (χ0) is 21.4. The summed E-state index contributed by atoms with van der Waals surface area (Å²) in [4.78, 5) is 12.3. The van der Waals surface area contributed by atoms with Gasteiger partial charge in [0.25, 0.3) is 5.91 Å². The maximum absolute atomic E-state index is 12.8. The van der Waals surface area contributed by atoms with Crippen LogP contribution < -0.4 is 14.8 Å². The molecule has 0 aliphatic carbocycles. The smallest absolute Gasteiger partial charge is 0.258 e. The molecule has 0 unspecified atom stereocenters. The second kappa shape index (κ2) is 10.4. The van der Waals surface area contributed by atoms with Gasteiger partial charge in [-0.2, -0.15) is 4.31 Å². The van der Waals surface area contributed by atoms with Crippen LogP contribution in [-0.4, -0.2) is 45.4 Å². The molecule has 0 aromatic heterocycles. The monoisotopic (exact) mass is 432 g/mol. The van der Waals surface area contributed by atoms with Crippen molar-refractivity contribution in [3.63, 3.8) is 0 Å². The summed E-state index contributed by atoms with van der Waals surface area (Å²) in [6.45, 7) is 1.37. The van der Waals surface area contributed by atoms with E-state index in [1.165, 1.54) is 12.1 Å². The molecule has 8 heteroatoms. The van der Waals surface area contributed by atoms with Gasteiger partial charge in [-0.15, -0.1) is 0 Å². The van der Waals surface area contributed by atoms with E-state index in [1.807, 2.05) is 24.3 Å². The molecule has 0 saturated carbocycles. The minimum Gasteiger partial charge on any atom is -0.497 e. The molecule has 1 fully saturated rings. The van der Waals surface area contributed by atoms with E-state index in [9.17, 15) is 13.2 Å². The highest BCUT2D eigenvalue weighted by Crippen LogP contribution is 2.22. The lowest BCUT2D eigenvalue weighted by atomic mass is 10.2. The number of sulfonamides is 1. The molecule has 7 nitrogen and oxygen atoms in total. The largest absolute Gasteiger partial charge is 0.497 e. The number of hydrogen-bond donors (Lipinski definition) is 1. The van der Waals surface area contributed by atoms with Crippen molar-refractivity contribution in [3.05, 3.63) is 54.1 Å². The predicted molar refractivity (Wildman–Crippen MR) is 114 cm³/mol. The molecule has 162 valence electrons. The minimum atomic E-state index is -3.49. The number of carbonyl (C=O) groups excluding carboxylic acids is 1. The van der Waals surface area contributed by atoms with Crippen LogP contribution in [0.4, 0.5) is 0 Å². The maximum Gasteiger partial charge on any atom is 0.258 e. The van der Waals surface area contributed by atoms with Crippen molar-refractivity contribution >= 4 is 15.9 Å². The number of methoxy groups -OCH3 is 1. The zero-order valence-electron chi connectivity index (χ0n) is 17.2. The fraction of sp³-hybridized carbons (Fsp3) is 0.409. The van der Waals surface area contributed by atoms with Crippen molar-refractivity contribution in [1.82, 2.24) is 9.62 Å². The van der Waals surface area contributed by atoms with Crippen molar-refractivity contribution in [2.75, 3.05) is 26.8 Å². The Morgan fingerprint density at radius 3 is 2.13 bits per heavy atom. The molecule has 0 radical (unpaired) electrons. The lowest BCUT2D eigenvalue weighted by molar-refractivity contribution is -0.123. The van der Waals surface area contributed by atoms with Crippen LogP contribution in [0.25, 0.3) is 0 Å². The Morgan fingerprint density at radius 1 is 0.933 bits per heavy atom. The Bertz CT molecular complexity index is 919. The SMILES string of the molecule is COc1ccc(CNC(=O)COc2ccc(S(=O)(=O)N3CCCCCC3)cc2)cc1. The summed E-state index contributed by atoms with van der Waals surface area (Å²) in [5, 5.41) is 2.78. The molecule has 1 amide bonds. The number of amides is 1. The molecule has 1 aliphatic rings. The van der Waals surface area contributed by atoms with Crippen molar-refractivity contribution in [2.24, 2.45) is 0 Å². The van der Waals surface area contributed by atoms with E-state index in [-0.39, 0.29) is 17.4 Å². The van der Waals surface area contributed by atoms with Crippen LogP contribution in [-0.2, 0) is 21.4 Å². The van der Waals surface area contributed by atoms with Gasteiger partial charge in [-0.1, -0.05) is 25.0 Å². The molecule has 1 heterocycles. The van der Waals surface area contributed by atoms with Crippen LogP contribution in [0.2, 0.25) is 0 Å². The van der Waals surface area contributed by atoms with E-state index in [2.05, 4.69) is 5.32 Å². The number of nitrogens with zero attached hydrogens (tertiary/aromatic N) is 1. The van der Waals surface area contributed by atoms with Gasteiger partial charge in [0.15, 0.2) is 6.61 Å². The number of rotatable bonds is 8. The first-order valence-electron chi connectivity index (χ1n) is 10.1. The molecule has 3 rings (SSSR count). The first-order chi connectivity index (χ1) is 14.5. The van der Waals surface area contributed by atoms with Gasteiger partial charge in [-0.3, -0.25) is 4.79 Å². The third-order valence-electron chi connectivity index (χ3n) is 5.05. The summed E-state index contributed by atoms with van der Waals surface area (Å²) in [6, 6.07) is 13.7. The first kappa shape index (κ1) is 22.1. The molecule has 1 N–H and O–H groups in total. The Balaban J connectivity index is 1.49. The van der Waals surface area contributed by atoms with Crippen LogP contribution in [0, 0.1) is 0 Å². The summed E-state index contributed by atoms with van der Waals surface area (Å²) >= 11 is 0. The molecular weight excluding hydrogens is 404 g/mol. The van der Waals surface area contributed by atoms with Crippen LogP contribution in [0.5, 0.6) is 11.5 Å². The van der Waals surface area contributed by atoms with Gasteiger partial charge >= 0.3 is 0 Å². The highest BCUT2D eigenvalue weighted by molar-refractivity contribution is 7.89. The molecule has 30 heavy (non-hydrogen) atoms. The van der Waals surface area contributed by atoms with Gasteiger partial charge in [-0.05, 0) is 54.8 Å².